The molecule has 9 aromatic rings. The summed E-state index contributed by atoms with van der Waals surface area (Å²) < 4.78 is 5.18. The molecule has 0 atom stereocenters. The molecule has 2 aliphatic heterocycles. The molecule has 67 heavy (non-hydrogen) atoms. The number of aryl methyl sites for hydroxylation is 2. The van der Waals surface area contributed by atoms with Gasteiger partial charge in [-0.1, -0.05) is 122 Å². The lowest BCUT2D eigenvalue weighted by Gasteiger charge is -2.35. The predicted octanol–water partition coefficient (Wildman–Crippen LogP) is 15.4. The fraction of sp³-hybridized carbons (Fsp3) is 0.258. The van der Waals surface area contributed by atoms with Crippen LogP contribution < -0.4 is 26.2 Å². The number of benzene rings is 7. The summed E-state index contributed by atoms with van der Waals surface area (Å²) in [6.07, 6.45) is 0. The van der Waals surface area contributed by atoms with Crippen LogP contribution in [-0.2, 0) is 0 Å². The van der Waals surface area contributed by atoms with Gasteiger partial charge in [0.15, 0.2) is 0 Å². The van der Waals surface area contributed by atoms with E-state index in [1.165, 1.54) is 128 Å². The van der Waals surface area contributed by atoms with Gasteiger partial charge in [0.05, 0.1) is 22.4 Å². The normalized spacial score (nSPS) is 12.7. The number of hydrogen-bond acceptors (Lipinski definition) is 2. The van der Waals surface area contributed by atoms with E-state index in [2.05, 4.69) is 242 Å². The summed E-state index contributed by atoms with van der Waals surface area (Å²) in [5.74, 6) is 1.84. The Morgan fingerprint density at radius 3 is 0.955 bits per heavy atom. The van der Waals surface area contributed by atoms with Crippen molar-refractivity contribution >= 4 is 79.0 Å². The molecule has 2 aliphatic rings. The molecule has 0 radical (unpaired) electrons. The molecular formula is C62H63BN4. The first-order valence-corrected chi connectivity index (χ1v) is 24.7. The second-order valence-electron chi connectivity index (χ2n) is 20.7. The van der Waals surface area contributed by atoms with Gasteiger partial charge in [0, 0.05) is 56.3 Å². The highest BCUT2D eigenvalue weighted by molar-refractivity contribution is 7.00. The second kappa shape index (κ2) is 16.0. The average Bonchev–Trinajstić information content (AvgIpc) is 3.76. The van der Waals surface area contributed by atoms with Crippen LogP contribution in [0.15, 0.2) is 140 Å². The van der Waals surface area contributed by atoms with Gasteiger partial charge < -0.3 is 18.9 Å². The summed E-state index contributed by atoms with van der Waals surface area (Å²) in [4.78, 5) is 5.00. The molecule has 7 aromatic carbocycles. The molecule has 4 heterocycles. The number of rotatable bonds is 10. The van der Waals surface area contributed by atoms with Crippen molar-refractivity contribution in [2.45, 2.75) is 107 Å². The van der Waals surface area contributed by atoms with Crippen molar-refractivity contribution in [3.8, 4) is 11.4 Å². The zero-order chi connectivity index (χ0) is 46.7. The first-order valence-electron chi connectivity index (χ1n) is 24.7. The summed E-state index contributed by atoms with van der Waals surface area (Å²) in [5, 5.41) is 2.63. The highest BCUT2D eigenvalue weighted by Crippen LogP contribution is 2.47. The Morgan fingerprint density at radius 2 is 0.672 bits per heavy atom. The Balaban J connectivity index is 1.16. The van der Waals surface area contributed by atoms with Crippen LogP contribution in [0.1, 0.15) is 124 Å². The van der Waals surface area contributed by atoms with Gasteiger partial charge in [0.1, 0.15) is 0 Å². The van der Waals surface area contributed by atoms with Gasteiger partial charge in [-0.2, -0.15) is 0 Å². The van der Waals surface area contributed by atoms with E-state index in [4.69, 9.17) is 0 Å². The fourth-order valence-corrected chi connectivity index (χ4v) is 11.5. The van der Waals surface area contributed by atoms with Crippen LogP contribution >= 0.6 is 0 Å². The molecule has 0 N–H and O–H groups in total. The molecule has 5 heteroatoms. The first-order chi connectivity index (χ1) is 32.2. The van der Waals surface area contributed by atoms with Gasteiger partial charge in [-0.05, 0) is 174 Å². The lowest BCUT2D eigenvalue weighted by molar-refractivity contribution is 0.866. The molecule has 334 valence electrons. The number of anilines is 6. The third-order valence-electron chi connectivity index (χ3n) is 15.5. The molecule has 0 saturated heterocycles. The zero-order valence-corrected chi connectivity index (χ0v) is 41.5. The van der Waals surface area contributed by atoms with Crippen molar-refractivity contribution in [2.24, 2.45) is 0 Å². The zero-order valence-electron chi connectivity index (χ0n) is 41.5. The van der Waals surface area contributed by atoms with Gasteiger partial charge in [0.25, 0.3) is 6.71 Å². The van der Waals surface area contributed by atoms with E-state index >= 15 is 0 Å². The van der Waals surface area contributed by atoms with Crippen molar-refractivity contribution in [2.75, 3.05) is 9.80 Å². The lowest BCUT2D eigenvalue weighted by Crippen LogP contribution is -2.59. The van der Waals surface area contributed by atoms with E-state index in [0.717, 1.165) is 0 Å². The minimum absolute atomic E-state index is 0.0508. The topological polar surface area (TPSA) is 16.3 Å². The third-order valence-corrected chi connectivity index (χ3v) is 15.5. The van der Waals surface area contributed by atoms with Crippen LogP contribution in [-0.4, -0.2) is 15.8 Å². The molecule has 0 saturated carbocycles. The monoisotopic (exact) mass is 875 g/mol. The van der Waals surface area contributed by atoms with E-state index in [1.54, 1.807) is 0 Å². The maximum Gasteiger partial charge on any atom is 0.252 e. The van der Waals surface area contributed by atoms with Crippen molar-refractivity contribution < 1.29 is 0 Å². The molecule has 4 nitrogen and oxygen atoms in total. The van der Waals surface area contributed by atoms with Crippen LogP contribution in [0.2, 0.25) is 0 Å². The van der Waals surface area contributed by atoms with E-state index in [0.29, 0.717) is 23.7 Å². The Kier molecular flexibility index (Phi) is 10.2. The van der Waals surface area contributed by atoms with E-state index in [9.17, 15) is 0 Å². The molecule has 0 spiro atoms. The van der Waals surface area contributed by atoms with Gasteiger partial charge in [-0.25, -0.2) is 0 Å². The average molecular weight is 875 g/mol. The second-order valence-corrected chi connectivity index (χ2v) is 20.7. The van der Waals surface area contributed by atoms with Crippen molar-refractivity contribution in [1.29, 1.82) is 0 Å². The smallest absolute Gasteiger partial charge is 0.252 e. The maximum absolute atomic E-state index is 2.59. The third kappa shape index (κ3) is 6.48. The van der Waals surface area contributed by atoms with Crippen molar-refractivity contribution in [1.82, 2.24) is 9.13 Å². The summed E-state index contributed by atoms with van der Waals surface area (Å²) in [6, 6.07) is 53.8. The van der Waals surface area contributed by atoms with Crippen LogP contribution in [0.3, 0.4) is 0 Å². The number of aromatic nitrogens is 2. The maximum atomic E-state index is 2.59. The molecule has 11 rings (SSSR count). The van der Waals surface area contributed by atoms with Crippen LogP contribution in [0, 0.1) is 27.7 Å². The van der Waals surface area contributed by atoms with Crippen LogP contribution in [0.25, 0.3) is 33.2 Å². The van der Waals surface area contributed by atoms with Gasteiger partial charge >= 0.3 is 0 Å². The molecule has 0 fully saturated rings. The first kappa shape index (κ1) is 42.9. The van der Waals surface area contributed by atoms with E-state index in [-0.39, 0.29) is 6.71 Å². The number of fused-ring (bicyclic) bond motifs is 4. The van der Waals surface area contributed by atoms with E-state index < -0.39 is 0 Å². The SMILES string of the molecule is Cc1c(C)n2c3c(ccc(N(c4ccc(C(C)C)cc4)c4ccc(C(C)C)cc4)c13)B1c3c-2cccc3-n2c(C)c(C)c3c(N(c4ccc(C(C)C)cc4)c4ccc(C(C)C)cc4)ccc1c32. The van der Waals surface area contributed by atoms with Crippen LogP contribution in [0.5, 0.6) is 0 Å². The Hall–Kier alpha value is -6.72. The number of hydrogen-bond donors (Lipinski definition) is 0. The highest BCUT2D eigenvalue weighted by Gasteiger charge is 2.42. The molecule has 0 amide bonds. The Morgan fingerprint density at radius 1 is 0.373 bits per heavy atom. The minimum atomic E-state index is 0.0508. The fourth-order valence-electron chi connectivity index (χ4n) is 11.5. The van der Waals surface area contributed by atoms with Gasteiger partial charge in [-0.3, -0.25) is 0 Å². The summed E-state index contributed by atoms with van der Waals surface area (Å²) >= 11 is 0. The summed E-state index contributed by atoms with van der Waals surface area (Å²) in [5.41, 5.74) is 27.0. The molecule has 0 unspecified atom stereocenters. The standard InChI is InChI=1S/C62H63BN4/c1-36(2)44-16-24-48(25-17-44)66(49-26-18-45(19-27-49)37(3)4)54-34-32-52-61-58(54)40(9)42(11)64(61)56-14-13-15-57-60(56)63(52)53-33-35-55(59-41(10)43(12)65(57)62(53)59)67(50-28-20-46(21-29-50)38(5)6)51-30-22-47(23-31-51)39(7)8/h13-39H,1-12H3. The largest absolute Gasteiger partial charge is 0.314 e. The Bertz CT molecular complexity index is 3050. The quantitative estimate of drug-likeness (QED) is 0.127. The lowest BCUT2D eigenvalue weighted by atomic mass is 9.34. The Labute approximate surface area is 398 Å². The van der Waals surface area contributed by atoms with Crippen LogP contribution in [0.4, 0.5) is 34.1 Å². The summed E-state index contributed by atoms with van der Waals surface area (Å²) in [6.45, 7) is 27.6. The molecule has 0 bridgehead atoms. The van der Waals surface area contributed by atoms with Crippen molar-refractivity contribution in [3.05, 3.63) is 184 Å². The molecular weight excluding hydrogens is 812 g/mol. The molecule has 2 aromatic heterocycles. The van der Waals surface area contributed by atoms with Crippen molar-refractivity contribution in [3.63, 3.8) is 0 Å². The highest BCUT2D eigenvalue weighted by atomic mass is 15.2. The minimum Gasteiger partial charge on any atom is -0.314 e. The number of nitrogens with zero attached hydrogens (tertiary/aromatic N) is 4. The van der Waals surface area contributed by atoms with E-state index in [1.807, 2.05) is 0 Å². The predicted molar refractivity (Wildman–Crippen MR) is 289 cm³/mol. The van der Waals surface area contributed by atoms with Gasteiger partial charge in [-0.15, -0.1) is 0 Å². The van der Waals surface area contributed by atoms with Gasteiger partial charge in [0.2, 0.25) is 0 Å². The summed E-state index contributed by atoms with van der Waals surface area (Å²) in [7, 11) is 0. The molecule has 0 aliphatic carbocycles.